The van der Waals surface area contributed by atoms with Crippen molar-refractivity contribution in [2.45, 2.75) is 78.2 Å². The molecule has 2 aromatic carbocycles. The zero-order valence-electron chi connectivity index (χ0n) is 17.5. The molecule has 144 valence electrons. The van der Waals surface area contributed by atoms with Gasteiger partial charge in [-0.25, -0.2) is 4.79 Å². The van der Waals surface area contributed by atoms with E-state index >= 15 is 0 Å². The fraction of sp³-hybridized carbons (Fsp3) is 0.480. The smallest absolute Gasteiger partial charge is 0.339 e. The molecule has 0 saturated heterocycles. The molecule has 1 atom stereocenters. The summed E-state index contributed by atoms with van der Waals surface area (Å²) < 4.78 is 6.07. The van der Waals surface area contributed by atoms with Crippen molar-refractivity contribution in [1.82, 2.24) is 0 Å². The number of esters is 1. The average Bonchev–Trinajstić information content (AvgIpc) is 3.03. The SMILES string of the molecule is CC(C)c1cc(C(C)C)c(C(=O)O[C@H]2CCc3ccccc32)c(C(C)C)c1. The quantitative estimate of drug-likeness (QED) is 0.539. The Hall–Kier alpha value is -2.09. The fourth-order valence-electron chi connectivity index (χ4n) is 4.02. The highest BCUT2D eigenvalue weighted by molar-refractivity contribution is 5.93. The van der Waals surface area contributed by atoms with Crippen LogP contribution in [0.5, 0.6) is 0 Å². The lowest BCUT2D eigenvalue weighted by atomic mass is 9.84. The Labute approximate surface area is 164 Å². The second-order valence-electron chi connectivity index (χ2n) is 8.67. The van der Waals surface area contributed by atoms with Crippen molar-refractivity contribution in [1.29, 1.82) is 0 Å². The number of benzene rings is 2. The summed E-state index contributed by atoms with van der Waals surface area (Å²) in [5.74, 6) is 0.824. The predicted octanol–water partition coefficient (Wildman–Crippen LogP) is 6.90. The highest BCUT2D eigenvalue weighted by atomic mass is 16.5. The van der Waals surface area contributed by atoms with Gasteiger partial charge < -0.3 is 4.74 Å². The largest absolute Gasteiger partial charge is 0.454 e. The van der Waals surface area contributed by atoms with E-state index < -0.39 is 0 Å². The van der Waals surface area contributed by atoms with Crippen LogP contribution in [0.3, 0.4) is 0 Å². The van der Waals surface area contributed by atoms with E-state index in [-0.39, 0.29) is 23.9 Å². The summed E-state index contributed by atoms with van der Waals surface area (Å²) >= 11 is 0. The second kappa shape index (κ2) is 7.88. The molecule has 0 aliphatic heterocycles. The van der Waals surface area contributed by atoms with Crippen molar-refractivity contribution in [2.24, 2.45) is 0 Å². The lowest BCUT2D eigenvalue weighted by molar-refractivity contribution is 0.0298. The van der Waals surface area contributed by atoms with Crippen molar-refractivity contribution in [2.75, 3.05) is 0 Å². The van der Waals surface area contributed by atoms with Crippen LogP contribution >= 0.6 is 0 Å². The molecule has 0 heterocycles. The van der Waals surface area contributed by atoms with E-state index in [4.69, 9.17) is 4.74 Å². The molecule has 27 heavy (non-hydrogen) atoms. The van der Waals surface area contributed by atoms with Crippen molar-refractivity contribution >= 4 is 5.97 Å². The molecule has 0 aromatic heterocycles. The maximum Gasteiger partial charge on any atom is 0.339 e. The third-order valence-corrected chi connectivity index (χ3v) is 5.66. The molecule has 0 spiro atoms. The van der Waals surface area contributed by atoms with Gasteiger partial charge in [0.15, 0.2) is 0 Å². The van der Waals surface area contributed by atoms with Gasteiger partial charge in [0.05, 0.1) is 5.56 Å². The number of hydrogen-bond donors (Lipinski definition) is 0. The Morgan fingerprint density at radius 1 is 0.926 bits per heavy atom. The van der Waals surface area contributed by atoms with Crippen LogP contribution in [0.2, 0.25) is 0 Å². The molecule has 1 aliphatic rings. The molecular formula is C25H32O2. The maximum atomic E-state index is 13.3. The molecule has 3 rings (SSSR count). The summed E-state index contributed by atoms with van der Waals surface area (Å²) in [6.07, 6.45) is 1.73. The molecule has 0 radical (unpaired) electrons. The van der Waals surface area contributed by atoms with Crippen molar-refractivity contribution in [3.8, 4) is 0 Å². The number of aryl methyl sites for hydroxylation is 1. The van der Waals surface area contributed by atoms with Crippen LogP contribution in [-0.2, 0) is 11.2 Å². The molecule has 0 unspecified atom stereocenters. The number of carbonyl (C=O) groups is 1. The zero-order valence-corrected chi connectivity index (χ0v) is 17.5. The summed E-state index contributed by atoms with van der Waals surface area (Å²) in [6, 6.07) is 12.7. The minimum absolute atomic E-state index is 0.126. The fourth-order valence-corrected chi connectivity index (χ4v) is 4.02. The lowest BCUT2D eigenvalue weighted by Gasteiger charge is -2.23. The Bertz CT molecular complexity index is 801. The maximum absolute atomic E-state index is 13.3. The highest BCUT2D eigenvalue weighted by Crippen LogP contribution is 2.37. The van der Waals surface area contributed by atoms with E-state index in [2.05, 4.69) is 71.9 Å². The first-order chi connectivity index (χ1) is 12.8. The summed E-state index contributed by atoms with van der Waals surface area (Å²) in [7, 11) is 0. The van der Waals surface area contributed by atoms with Gasteiger partial charge >= 0.3 is 5.97 Å². The molecule has 0 N–H and O–H groups in total. The lowest BCUT2D eigenvalue weighted by Crippen LogP contribution is -2.16. The third kappa shape index (κ3) is 3.95. The van der Waals surface area contributed by atoms with Gasteiger partial charge in [0, 0.05) is 0 Å². The minimum Gasteiger partial charge on any atom is -0.454 e. The first-order valence-electron chi connectivity index (χ1n) is 10.3. The van der Waals surface area contributed by atoms with Crippen LogP contribution < -0.4 is 0 Å². The van der Waals surface area contributed by atoms with E-state index in [9.17, 15) is 4.79 Å². The van der Waals surface area contributed by atoms with Crippen LogP contribution in [0.1, 0.15) is 110 Å². The van der Waals surface area contributed by atoms with Gasteiger partial charge in [-0.05, 0) is 58.4 Å². The first kappa shape index (κ1) is 19.7. The van der Waals surface area contributed by atoms with Gasteiger partial charge in [0.2, 0.25) is 0 Å². The van der Waals surface area contributed by atoms with E-state index in [1.165, 1.54) is 16.7 Å². The summed E-state index contributed by atoms with van der Waals surface area (Å²) in [5.41, 5.74) is 6.78. The first-order valence-corrected chi connectivity index (χ1v) is 10.3. The Morgan fingerprint density at radius 3 is 2.07 bits per heavy atom. The minimum atomic E-state index is -0.167. The molecule has 0 fully saturated rings. The number of fused-ring (bicyclic) bond motifs is 1. The molecule has 0 saturated carbocycles. The second-order valence-corrected chi connectivity index (χ2v) is 8.67. The Morgan fingerprint density at radius 2 is 1.52 bits per heavy atom. The van der Waals surface area contributed by atoms with Gasteiger partial charge in [0.1, 0.15) is 6.10 Å². The predicted molar refractivity (Wildman–Crippen MR) is 112 cm³/mol. The van der Waals surface area contributed by atoms with Gasteiger partial charge in [-0.15, -0.1) is 0 Å². The normalized spacial score (nSPS) is 16.3. The van der Waals surface area contributed by atoms with E-state index in [1.807, 2.05) is 6.07 Å². The summed E-state index contributed by atoms with van der Waals surface area (Å²) in [4.78, 5) is 13.3. The van der Waals surface area contributed by atoms with Gasteiger partial charge in [-0.2, -0.15) is 0 Å². The van der Waals surface area contributed by atoms with Crippen LogP contribution in [0, 0.1) is 0 Å². The monoisotopic (exact) mass is 364 g/mol. The Balaban J connectivity index is 2.01. The van der Waals surface area contributed by atoms with Crippen molar-refractivity contribution in [3.05, 3.63) is 69.8 Å². The van der Waals surface area contributed by atoms with E-state index in [0.717, 1.165) is 29.5 Å². The van der Waals surface area contributed by atoms with Crippen LogP contribution in [0.15, 0.2) is 36.4 Å². The molecular weight excluding hydrogens is 332 g/mol. The summed E-state index contributed by atoms with van der Waals surface area (Å²) in [6.45, 7) is 13.0. The van der Waals surface area contributed by atoms with Crippen LogP contribution in [0.4, 0.5) is 0 Å². The van der Waals surface area contributed by atoms with Crippen LogP contribution in [0.25, 0.3) is 0 Å². The topological polar surface area (TPSA) is 26.3 Å². The zero-order chi connectivity index (χ0) is 19.7. The summed E-state index contributed by atoms with van der Waals surface area (Å²) in [5, 5.41) is 0. The molecule has 2 aromatic rings. The number of rotatable bonds is 5. The van der Waals surface area contributed by atoms with E-state index in [0.29, 0.717) is 5.92 Å². The number of carbonyl (C=O) groups excluding carboxylic acids is 1. The molecule has 2 heteroatoms. The highest BCUT2D eigenvalue weighted by Gasteiger charge is 2.29. The van der Waals surface area contributed by atoms with Crippen molar-refractivity contribution in [3.63, 3.8) is 0 Å². The van der Waals surface area contributed by atoms with Gasteiger partial charge in [-0.3, -0.25) is 0 Å². The Kier molecular flexibility index (Phi) is 5.74. The molecule has 0 amide bonds. The van der Waals surface area contributed by atoms with Gasteiger partial charge in [0.25, 0.3) is 0 Å². The molecule has 0 bridgehead atoms. The van der Waals surface area contributed by atoms with Crippen molar-refractivity contribution < 1.29 is 9.53 Å². The van der Waals surface area contributed by atoms with E-state index in [1.54, 1.807) is 0 Å². The number of hydrogen-bond acceptors (Lipinski definition) is 2. The molecule has 1 aliphatic carbocycles. The number of ether oxygens (including phenoxy) is 1. The third-order valence-electron chi connectivity index (χ3n) is 5.66. The average molecular weight is 365 g/mol. The van der Waals surface area contributed by atoms with Gasteiger partial charge in [-0.1, -0.05) is 77.9 Å². The van der Waals surface area contributed by atoms with Crippen LogP contribution in [-0.4, -0.2) is 5.97 Å². The molecule has 2 nitrogen and oxygen atoms in total. The standard InChI is InChI=1S/C25H32O2/c1-15(2)19-13-21(16(3)4)24(22(14-19)17(5)6)25(26)27-23-12-11-18-9-7-8-10-20(18)23/h7-10,13-17,23H,11-12H2,1-6H3/t23-/m0/s1.